The van der Waals surface area contributed by atoms with Crippen molar-refractivity contribution in [2.75, 3.05) is 0 Å². The average Bonchev–Trinajstić information content (AvgIpc) is 2.92. The quantitative estimate of drug-likeness (QED) is 0.150. The van der Waals surface area contributed by atoms with Gasteiger partial charge in [0.05, 0.1) is 6.10 Å². The first kappa shape index (κ1) is 36.0. The Labute approximate surface area is 263 Å². The maximum Gasteiger partial charge on any atom is 0.123 e. The molecule has 0 aromatic rings. The zero-order chi connectivity index (χ0) is 32.2. The number of rotatable bonds is 11. The van der Waals surface area contributed by atoms with E-state index in [4.69, 9.17) is 0 Å². The smallest absolute Gasteiger partial charge is 0.123 e. The summed E-state index contributed by atoms with van der Waals surface area (Å²) in [7, 11) is 0. The Morgan fingerprint density at radius 3 is 1.84 bits per heavy atom. The van der Waals surface area contributed by atoms with E-state index < -0.39 is 0 Å². The van der Waals surface area contributed by atoms with Crippen molar-refractivity contribution in [3.63, 3.8) is 0 Å². The van der Waals surface area contributed by atoms with Gasteiger partial charge < -0.3 is 9.90 Å². The fourth-order valence-electron chi connectivity index (χ4n) is 6.11. The molecule has 0 saturated carbocycles. The Morgan fingerprint density at radius 1 is 0.791 bits per heavy atom. The first-order chi connectivity index (χ1) is 20.2. The maximum absolute atomic E-state index is 11.3. The van der Waals surface area contributed by atoms with E-state index in [1.54, 1.807) is 0 Å². The highest BCUT2D eigenvalue weighted by Gasteiger charge is 2.38. The SMILES string of the molecule is CC1=CCC(O)C(C)(C)C1/C=C/C(C)=C/C=C/C(C)=C/C=C/C=C(C)/C=C/C=C(C)/C=C/C1=C(C)CC(C=O)CC1(C)C. The van der Waals surface area contributed by atoms with Gasteiger partial charge in [-0.25, -0.2) is 0 Å². The normalized spacial score (nSPS) is 26.1. The maximum atomic E-state index is 11.3. The molecule has 2 heteroatoms. The number of aliphatic hydroxyl groups is 1. The molecule has 2 aliphatic rings. The lowest BCUT2D eigenvalue weighted by atomic mass is 9.67. The summed E-state index contributed by atoms with van der Waals surface area (Å²) in [6.07, 6.45) is 35.4. The van der Waals surface area contributed by atoms with Crippen LogP contribution < -0.4 is 0 Å². The highest BCUT2D eigenvalue weighted by molar-refractivity contribution is 5.56. The molecule has 0 fully saturated rings. The number of hydrogen-bond acceptors (Lipinski definition) is 2. The van der Waals surface area contributed by atoms with Crippen molar-refractivity contribution in [2.24, 2.45) is 22.7 Å². The van der Waals surface area contributed by atoms with Gasteiger partial charge in [0.15, 0.2) is 0 Å². The van der Waals surface area contributed by atoms with Crippen LogP contribution >= 0.6 is 0 Å². The van der Waals surface area contributed by atoms with E-state index in [1.807, 2.05) is 0 Å². The molecule has 2 rings (SSSR count). The van der Waals surface area contributed by atoms with Crippen molar-refractivity contribution >= 4 is 6.29 Å². The van der Waals surface area contributed by atoms with Gasteiger partial charge in [0.1, 0.15) is 6.29 Å². The Bertz CT molecular complexity index is 1320. The summed E-state index contributed by atoms with van der Waals surface area (Å²) in [6, 6.07) is 0. The van der Waals surface area contributed by atoms with Crippen LogP contribution in [0.4, 0.5) is 0 Å². The molecule has 3 unspecified atom stereocenters. The van der Waals surface area contributed by atoms with Crippen molar-refractivity contribution in [1.82, 2.24) is 0 Å². The minimum absolute atomic E-state index is 0.0247. The topological polar surface area (TPSA) is 37.3 Å². The number of allylic oxidation sites excluding steroid dienone is 21. The highest BCUT2D eigenvalue weighted by Crippen LogP contribution is 2.43. The lowest BCUT2D eigenvalue weighted by Gasteiger charge is -2.40. The third-order valence-corrected chi connectivity index (χ3v) is 8.87. The summed E-state index contributed by atoms with van der Waals surface area (Å²) in [6.45, 7) is 21.5. The van der Waals surface area contributed by atoms with Gasteiger partial charge in [-0.05, 0) is 71.8 Å². The molecule has 3 atom stereocenters. The van der Waals surface area contributed by atoms with E-state index in [1.165, 1.54) is 39.0 Å². The van der Waals surface area contributed by atoms with Crippen LogP contribution in [0.2, 0.25) is 0 Å². The van der Waals surface area contributed by atoms with E-state index in [0.29, 0.717) is 0 Å². The van der Waals surface area contributed by atoms with Crippen molar-refractivity contribution in [3.05, 3.63) is 130 Å². The van der Waals surface area contributed by atoms with Crippen molar-refractivity contribution in [2.45, 2.75) is 94.6 Å². The molecule has 0 aliphatic heterocycles. The van der Waals surface area contributed by atoms with Gasteiger partial charge >= 0.3 is 0 Å². The molecule has 0 aromatic carbocycles. The molecule has 2 aliphatic carbocycles. The molecule has 43 heavy (non-hydrogen) atoms. The molecule has 0 amide bonds. The molecule has 0 spiro atoms. The van der Waals surface area contributed by atoms with Crippen LogP contribution in [0, 0.1) is 22.7 Å². The highest BCUT2D eigenvalue weighted by atomic mass is 16.3. The van der Waals surface area contributed by atoms with E-state index >= 15 is 0 Å². The van der Waals surface area contributed by atoms with E-state index in [9.17, 15) is 9.90 Å². The summed E-state index contributed by atoms with van der Waals surface area (Å²) < 4.78 is 0. The minimum Gasteiger partial charge on any atom is -0.392 e. The molecule has 2 nitrogen and oxygen atoms in total. The molecule has 232 valence electrons. The number of carbonyl (C=O) groups excluding carboxylic acids is 1. The molecular formula is C41H56O2. The first-order valence-electron chi connectivity index (χ1n) is 15.8. The zero-order valence-corrected chi connectivity index (χ0v) is 28.4. The molecule has 0 heterocycles. The number of aliphatic hydroxyl groups excluding tert-OH is 1. The average molecular weight is 581 g/mol. The first-order valence-corrected chi connectivity index (χ1v) is 15.8. The van der Waals surface area contributed by atoms with Crippen LogP contribution in [0.5, 0.6) is 0 Å². The van der Waals surface area contributed by atoms with Gasteiger partial charge in [-0.1, -0.05) is 152 Å². The van der Waals surface area contributed by atoms with Crippen LogP contribution in [0.3, 0.4) is 0 Å². The Hall–Kier alpha value is -3.23. The summed E-state index contributed by atoms with van der Waals surface area (Å²) in [5, 5.41) is 10.4. The van der Waals surface area contributed by atoms with Crippen LogP contribution in [-0.4, -0.2) is 17.5 Å². The lowest BCUT2D eigenvalue weighted by Crippen LogP contribution is -2.39. The molecule has 0 saturated heterocycles. The molecule has 0 bridgehead atoms. The number of hydrogen-bond donors (Lipinski definition) is 1. The van der Waals surface area contributed by atoms with E-state index in [2.05, 4.69) is 160 Å². The second-order valence-electron chi connectivity index (χ2n) is 13.8. The molecule has 1 N–H and O–H groups in total. The van der Waals surface area contributed by atoms with Gasteiger partial charge in [0.2, 0.25) is 0 Å². The molecule has 0 aromatic heterocycles. The second kappa shape index (κ2) is 16.6. The van der Waals surface area contributed by atoms with Gasteiger partial charge in [-0.15, -0.1) is 0 Å². The van der Waals surface area contributed by atoms with E-state index in [0.717, 1.165) is 25.5 Å². The van der Waals surface area contributed by atoms with Gasteiger partial charge in [-0.2, -0.15) is 0 Å². The number of aldehydes is 1. The Morgan fingerprint density at radius 2 is 1.30 bits per heavy atom. The minimum atomic E-state index is -0.304. The van der Waals surface area contributed by atoms with Crippen molar-refractivity contribution in [1.29, 1.82) is 0 Å². The van der Waals surface area contributed by atoms with Gasteiger partial charge in [-0.3, -0.25) is 0 Å². The third-order valence-electron chi connectivity index (χ3n) is 8.87. The van der Waals surface area contributed by atoms with E-state index in [-0.39, 0.29) is 28.8 Å². The van der Waals surface area contributed by atoms with Crippen LogP contribution in [0.1, 0.15) is 88.5 Å². The largest absolute Gasteiger partial charge is 0.392 e. The van der Waals surface area contributed by atoms with Crippen LogP contribution in [0.15, 0.2) is 130 Å². The van der Waals surface area contributed by atoms with Gasteiger partial charge in [0, 0.05) is 17.3 Å². The predicted molar refractivity (Wildman–Crippen MR) is 188 cm³/mol. The van der Waals surface area contributed by atoms with Crippen molar-refractivity contribution in [3.8, 4) is 0 Å². The Kier molecular flexibility index (Phi) is 13.9. The second-order valence-corrected chi connectivity index (χ2v) is 13.8. The standard InChI is InChI=1S/C41H56O2/c1-30(17-13-19-32(3)21-24-37-35(6)27-36(29-42)28-40(37,7)8)15-11-12-16-31(2)18-14-20-33(4)22-25-38-34(5)23-26-39(43)41(38,9)10/h11-25,29,36,38-39,43H,26-28H2,1-10H3/b12-11+,17-13+,18-14+,24-21+,25-22+,30-15+,31-16+,32-19+,33-20+. The monoisotopic (exact) mass is 580 g/mol. The van der Waals surface area contributed by atoms with Crippen molar-refractivity contribution < 1.29 is 9.90 Å². The van der Waals surface area contributed by atoms with Crippen LogP contribution in [0.25, 0.3) is 0 Å². The predicted octanol–water partition coefficient (Wildman–Crippen LogP) is 10.9. The van der Waals surface area contributed by atoms with Gasteiger partial charge in [0.25, 0.3) is 0 Å². The molecule has 0 radical (unpaired) electrons. The fourth-order valence-corrected chi connectivity index (χ4v) is 6.11. The summed E-state index contributed by atoms with van der Waals surface area (Å²) in [5.74, 6) is 0.392. The number of carbonyl (C=O) groups is 1. The summed E-state index contributed by atoms with van der Waals surface area (Å²) in [4.78, 5) is 11.3. The lowest BCUT2D eigenvalue weighted by molar-refractivity contribution is -0.112. The summed E-state index contributed by atoms with van der Waals surface area (Å²) in [5.41, 5.74) is 8.64. The zero-order valence-electron chi connectivity index (χ0n) is 28.4. The fraction of sp³-hybridized carbons (Fsp3) is 0.439. The molecular weight excluding hydrogens is 524 g/mol. The summed E-state index contributed by atoms with van der Waals surface area (Å²) >= 11 is 0. The van der Waals surface area contributed by atoms with Crippen LogP contribution in [-0.2, 0) is 4.79 Å². The Balaban J connectivity index is 1.91. The third kappa shape index (κ3) is 11.4.